The number of hydrogen-bond acceptors (Lipinski definition) is 2. The van der Waals surface area contributed by atoms with Crippen LogP contribution in [0.2, 0.25) is 0 Å². The third kappa shape index (κ3) is 1.71. The Balaban J connectivity index is 2.12. The Morgan fingerprint density at radius 3 is 2.00 bits per heavy atom. The van der Waals surface area contributed by atoms with Gasteiger partial charge in [-0.25, -0.2) is 4.79 Å². The Labute approximate surface area is 107 Å². The molecule has 0 aromatic carbocycles. The predicted molar refractivity (Wildman–Crippen MR) is 65.7 cm³/mol. The zero-order chi connectivity index (χ0) is 11.4. The van der Waals surface area contributed by atoms with Crippen LogP contribution in [-0.4, -0.2) is 38.8 Å². The van der Waals surface area contributed by atoms with Crippen LogP contribution in [0.1, 0.15) is 26.7 Å². The van der Waals surface area contributed by atoms with E-state index in [2.05, 4.69) is 45.7 Å². The summed E-state index contributed by atoms with van der Waals surface area (Å²) in [5.74, 6) is 0. The van der Waals surface area contributed by atoms with Crippen molar-refractivity contribution in [2.24, 2.45) is 0 Å². The number of methoxy groups -OCH3 is 1. The lowest BCUT2D eigenvalue weighted by molar-refractivity contribution is 0.150. The second kappa shape index (κ2) is 3.36. The molecule has 0 N–H and O–H groups in total. The zero-order valence-electron chi connectivity index (χ0n) is 9.09. The normalized spacial score (nSPS) is 48.5. The maximum Gasteiger partial charge on any atom is 0.410 e. The molecule has 0 aromatic rings. The fraction of sp³-hybridized carbons (Fsp3) is 0.900. The molecule has 1 aliphatic heterocycles. The number of nitrogens with zero attached hydrogens (tertiary/aromatic N) is 1. The molecule has 1 saturated heterocycles. The fourth-order valence-electron chi connectivity index (χ4n) is 2.39. The fourth-order valence-corrected chi connectivity index (χ4v) is 3.38. The van der Waals surface area contributed by atoms with Gasteiger partial charge in [-0.1, -0.05) is 31.9 Å². The van der Waals surface area contributed by atoms with Crippen LogP contribution in [0.25, 0.3) is 0 Å². The van der Waals surface area contributed by atoms with Crippen LogP contribution < -0.4 is 0 Å². The van der Waals surface area contributed by atoms with E-state index in [1.165, 1.54) is 7.11 Å². The lowest BCUT2D eigenvalue weighted by Gasteiger charge is -2.40. The van der Waals surface area contributed by atoms with Gasteiger partial charge in [-0.05, 0) is 26.7 Å². The minimum absolute atomic E-state index is 0.0317. The molecule has 1 saturated carbocycles. The van der Waals surface area contributed by atoms with E-state index in [-0.39, 0.29) is 14.7 Å². The van der Waals surface area contributed by atoms with E-state index in [1.807, 2.05) is 4.90 Å². The number of rotatable bonds is 0. The highest BCUT2D eigenvalue weighted by molar-refractivity contribution is 9.13. The first-order chi connectivity index (χ1) is 6.80. The van der Waals surface area contributed by atoms with Crippen molar-refractivity contribution in [3.05, 3.63) is 0 Å². The van der Waals surface area contributed by atoms with E-state index in [0.717, 1.165) is 12.8 Å². The van der Waals surface area contributed by atoms with Crippen LogP contribution in [0.5, 0.6) is 0 Å². The van der Waals surface area contributed by atoms with Crippen molar-refractivity contribution in [2.75, 3.05) is 7.11 Å². The summed E-state index contributed by atoms with van der Waals surface area (Å²) in [6.45, 7) is 4.34. The van der Waals surface area contributed by atoms with Crippen LogP contribution in [0.3, 0.4) is 0 Å². The first-order valence-electron chi connectivity index (χ1n) is 5.04. The van der Waals surface area contributed by atoms with Gasteiger partial charge >= 0.3 is 6.09 Å². The van der Waals surface area contributed by atoms with Gasteiger partial charge in [0, 0.05) is 8.65 Å². The van der Waals surface area contributed by atoms with Crippen LogP contribution in [0.4, 0.5) is 4.79 Å². The molecule has 1 amide bonds. The number of fused-ring (bicyclic) bond motifs is 1. The van der Waals surface area contributed by atoms with Gasteiger partial charge in [0.25, 0.3) is 0 Å². The number of ether oxygens (including phenoxy) is 1. The average Bonchev–Trinajstić information content (AvgIpc) is 2.74. The summed E-state index contributed by atoms with van der Waals surface area (Å²) in [6.07, 6.45) is 1.74. The summed E-state index contributed by atoms with van der Waals surface area (Å²) in [6, 6.07) is 0.708. The zero-order valence-corrected chi connectivity index (χ0v) is 12.3. The molecular weight excluding hydrogens is 326 g/mol. The van der Waals surface area contributed by atoms with Crippen molar-refractivity contribution in [2.45, 2.75) is 47.4 Å². The molecule has 1 heterocycles. The highest BCUT2D eigenvalue weighted by atomic mass is 79.9. The Morgan fingerprint density at radius 1 is 1.27 bits per heavy atom. The third-order valence-electron chi connectivity index (χ3n) is 3.73. The van der Waals surface area contributed by atoms with Crippen molar-refractivity contribution in [3.63, 3.8) is 0 Å². The summed E-state index contributed by atoms with van der Waals surface area (Å²) in [4.78, 5) is 13.3. The minimum atomic E-state index is -0.196. The molecule has 2 aliphatic rings. The van der Waals surface area contributed by atoms with Gasteiger partial charge in [-0.2, -0.15) is 0 Å². The summed E-state index contributed by atoms with van der Waals surface area (Å²) in [7, 11) is 1.44. The average molecular weight is 341 g/mol. The topological polar surface area (TPSA) is 29.3 Å². The second-order valence-electron chi connectivity index (χ2n) is 4.82. The van der Waals surface area contributed by atoms with Crippen molar-refractivity contribution in [3.8, 4) is 0 Å². The van der Waals surface area contributed by atoms with E-state index in [0.29, 0.717) is 12.1 Å². The molecule has 3 nitrogen and oxygen atoms in total. The van der Waals surface area contributed by atoms with Crippen molar-refractivity contribution in [1.82, 2.24) is 4.90 Å². The van der Waals surface area contributed by atoms with E-state index in [4.69, 9.17) is 4.74 Å². The van der Waals surface area contributed by atoms with Gasteiger partial charge in [-0.15, -0.1) is 0 Å². The summed E-state index contributed by atoms with van der Waals surface area (Å²) in [5, 5.41) is 0. The monoisotopic (exact) mass is 339 g/mol. The first kappa shape index (κ1) is 11.7. The van der Waals surface area contributed by atoms with Crippen molar-refractivity contribution in [1.29, 1.82) is 0 Å². The highest BCUT2D eigenvalue weighted by Gasteiger charge is 2.63. The van der Waals surface area contributed by atoms with Gasteiger partial charge in [0.15, 0.2) is 0 Å². The molecule has 0 aromatic heterocycles. The maximum atomic E-state index is 11.4. The lowest BCUT2D eigenvalue weighted by Crippen LogP contribution is -2.45. The van der Waals surface area contributed by atoms with Gasteiger partial charge in [0.2, 0.25) is 0 Å². The standard InChI is InChI=1S/C10H15Br2NO2/c1-9(11)4-6-7(5-10(9,2)12)13(6)8(14)15-3/h6-7H,4-5H2,1-3H3. The number of amides is 1. The van der Waals surface area contributed by atoms with Crippen molar-refractivity contribution < 1.29 is 9.53 Å². The number of halogens is 2. The van der Waals surface area contributed by atoms with Crippen LogP contribution in [-0.2, 0) is 4.74 Å². The van der Waals surface area contributed by atoms with E-state index < -0.39 is 0 Å². The molecule has 0 bridgehead atoms. The van der Waals surface area contributed by atoms with Gasteiger partial charge in [0.1, 0.15) is 0 Å². The Kier molecular flexibility index (Phi) is 2.62. The van der Waals surface area contributed by atoms with Gasteiger partial charge < -0.3 is 4.74 Å². The highest BCUT2D eigenvalue weighted by Crippen LogP contribution is 2.56. The Morgan fingerprint density at radius 2 is 1.67 bits per heavy atom. The maximum absolute atomic E-state index is 11.4. The second-order valence-corrected chi connectivity index (χ2v) is 8.32. The Bertz CT molecular complexity index is 282. The molecule has 5 heteroatoms. The van der Waals surface area contributed by atoms with Gasteiger partial charge in [-0.3, -0.25) is 4.90 Å². The third-order valence-corrected chi connectivity index (χ3v) is 6.66. The van der Waals surface area contributed by atoms with Crippen LogP contribution >= 0.6 is 31.9 Å². The van der Waals surface area contributed by atoms with Crippen LogP contribution in [0, 0.1) is 0 Å². The molecule has 2 rings (SSSR count). The SMILES string of the molecule is COC(=O)N1C2CC(C)(Br)C(C)(Br)CC21. The van der Waals surface area contributed by atoms with Gasteiger partial charge in [0.05, 0.1) is 19.2 Å². The molecule has 15 heavy (non-hydrogen) atoms. The number of carbonyl (C=O) groups is 1. The molecule has 2 fully saturated rings. The smallest absolute Gasteiger partial charge is 0.410 e. The molecule has 1 aliphatic carbocycles. The molecule has 0 spiro atoms. The lowest BCUT2D eigenvalue weighted by atomic mass is 9.81. The summed E-state index contributed by atoms with van der Waals surface area (Å²) >= 11 is 7.51. The summed E-state index contributed by atoms with van der Waals surface area (Å²) < 4.78 is 4.82. The minimum Gasteiger partial charge on any atom is -0.453 e. The van der Waals surface area contributed by atoms with E-state index in [1.54, 1.807) is 0 Å². The van der Waals surface area contributed by atoms with Crippen molar-refractivity contribution >= 4 is 38.0 Å². The van der Waals surface area contributed by atoms with Crippen LogP contribution in [0.15, 0.2) is 0 Å². The molecule has 0 radical (unpaired) electrons. The number of hydrogen-bond donors (Lipinski definition) is 0. The number of carbonyl (C=O) groups excluding carboxylic acids is 1. The first-order valence-corrected chi connectivity index (χ1v) is 6.63. The van der Waals surface area contributed by atoms with E-state index in [9.17, 15) is 4.79 Å². The molecule has 4 atom stereocenters. The Hall–Kier alpha value is 0.230. The largest absolute Gasteiger partial charge is 0.453 e. The number of alkyl halides is 2. The quantitative estimate of drug-likeness (QED) is 0.501. The molecule has 86 valence electrons. The van der Waals surface area contributed by atoms with E-state index >= 15 is 0 Å². The number of likely N-dealkylation sites (tertiary alicyclic amines) is 1. The predicted octanol–water partition coefficient (Wildman–Crippen LogP) is 2.91. The molecule has 4 unspecified atom stereocenters. The summed E-state index contributed by atoms with van der Waals surface area (Å²) in [5.41, 5.74) is 0. The molecular formula is C10H15Br2NO2.